The number of nitrogens with zero attached hydrogens (tertiary/aromatic N) is 1. The first-order valence-corrected chi connectivity index (χ1v) is 12.8. The largest absolute Gasteiger partial charge is 0.367 e. The monoisotopic (exact) mass is 465 g/mol. The second kappa shape index (κ2) is 9.80. The molecule has 33 heavy (non-hydrogen) atoms. The van der Waals surface area contributed by atoms with Crippen LogP contribution in [-0.2, 0) is 32.4 Å². The van der Waals surface area contributed by atoms with Crippen molar-refractivity contribution >= 4 is 27.5 Å². The van der Waals surface area contributed by atoms with Crippen molar-refractivity contribution in [3.63, 3.8) is 0 Å². The Bertz CT molecular complexity index is 1230. The van der Waals surface area contributed by atoms with Crippen molar-refractivity contribution in [1.82, 2.24) is 4.90 Å². The fraction of sp³-hybridized carbons (Fsp3) is 0.379. The summed E-state index contributed by atoms with van der Waals surface area (Å²) in [5, 5.41) is 0.698. The highest BCUT2D eigenvalue weighted by molar-refractivity contribution is 7.19. The van der Waals surface area contributed by atoms with Gasteiger partial charge in [0.25, 0.3) is 0 Å². The molecule has 4 heteroatoms. The number of rotatable bonds is 8. The number of aryl methyl sites for hydroxylation is 3. The third-order valence-electron chi connectivity index (χ3n) is 6.73. The van der Waals surface area contributed by atoms with Gasteiger partial charge in [0, 0.05) is 44.9 Å². The third-order valence-corrected chi connectivity index (χ3v) is 7.72. The molecule has 0 unspecified atom stereocenters. The Hall–Kier alpha value is -2.46. The smallest absolute Gasteiger partial charge is 0.136 e. The van der Waals surface area contributed by atoms with Crippen LogP contribution in [-0.4, -0.2) is 4.90 Å². The molecule has 0 aliphatic carbocycles. The zero-order valence-corrected chi connectivity index (χ0v) is 21.0. The first-order valence-electron chi connectivity index (χ1n) is 12.0. The number of hydrogen-bond donors (Lipinski definition) is 0. The number of allylic oxidation sites excluding steroid dienone is 2. The van der Waals surface area contributed by atoms with E-state index in [2.05, 4.69) is 44.4 Å². The van der Waals surface area contributed by atoms with Gasteiger partial charge in [-0.15, -0.1) is 11.3 Å². The highest BCUT2D eigenvalue weighted by atomic mass is 32.1. The van der Waals surface area contributed by atoms with Gasteiger partial charge in [0.1, 0.15) is 11.6 Å². The van der Waals surface area contributed by atoms with Crippen LogP contribution < -0.4 is 0 Å². The molecule has 2 aromatic carbocycles. The molecule has 0 radical (unpaired) electrons. The van der Waals surface area contributed by atoms with E-state index in [-0.39, 0.29) is 11.6 Å². The summed E-state index contributed by atoms with van der Waals surface area (Å²) in [6, 6.07) is 6.19. The molecule has 0 saturated carbocycles. The zero-order valence-electron chi connectivity index (χ0n) is 20.2. The first-order chi connectivity index (χ1) is 15.9. The fourth-order valence-corrected chi connectivity index (χ4v) is 5.90. The number of benzene rings is 2. The second-order valence-electron chi connectivity index (χ2n) is 8.98. The van der Waals surface area contributed by atoms with Crippen LogP contribution in [0.4, 0.5) is 8.78 Å². The van der Waals surface area contributed by atoms with Crippen LogP contribution in [0.25, 0.3) is 16.2 Å². The van der Waals surface area contributed by atoms with Crippen molar-refractivity contribution in [2.45, 2.75) is 72.9 Å². The van der Waals surface area contributed by atoms with Gasteiger partial charge < -0.3 is 4.90 Å². The number of thiophene rings is 1. The summed E-state index contributed by atoms with van der Waals surface area (Å²) in [5.74, 6) is -0.263. The van der Waals surface area contributed by atoms with Gasteiger partial charge in [-0.05, 0) is 67.0 Å². The molecular formula is C29H33F2NS. The molecule has 0 atom stereocenters. The normalized spacial score (nSPS) is 13.5. The predicted molar refractivity (Wildman–Crippen MR) is 138 cm³/mol. The van der Waals surface area contributed by atoms with Crippen LogP contribution in [0.15, 0.2) is 36.6 Å². The number of hydrogen-bond acceptors (Lipinski definition) is 2. The molecular weight excluding hydrogens is 432 g/mol. The summed E-state index contributed by atoms with van der Waals surface area (Å²) >= 11 is 1.63. The van der Waals surface area contributed by atoms with E-state index in [4.69, 9.17) is 0 Å². The minimum atomic E-state index is -0.132. The van der Waals surface area contributed by atoms with Gasteiger partial charge in [-0.2, -0.15) is 0 Å². The van der Waals surface area contributed by atoms with Crippen LogP contribution in [0.5, 0.6) is 0 Å². The Morgan fingerprint density at radius 3 is 2.52 bits per heavy atom. The fourth-order valence-electron chi connectivity index (χ4n) is 4.92. The SMILES string of the molecule is C=C(CCC)N1Cc2cc(CC)c(/C=C\Cc3c(CC)cc4sc(C)cc4c3F)c(F)c2C1. The minimum absolute atomic E-state index is 0.131. The van der Waals surface area contributed by atoms with E-state index in [0.29, 0.717) is 23.9 Å². The minimum Gasteiger partial charge on any atom is -0.367 e. The molecule has 1 aliphatic rings. The Kier molecular flexibility index (Phi) is 7.04. The van der Waals surface area contributed by atoms with Crippen LogP contribution in [0.1, 0.15) is 71.9 Å². The highest BCUT2D eigenvalue weighted by Gasteiger charge is 2.25. The summed E-state index contributed by atoms with van der Waals surface area (Å²) in [5.41, 5.74) is 6.32. The number of fused-ring (bicyclic) bond motifs is 2. The summed E-state index contributed by atoms with van der Waals surface area (Å²) in [7, 11) is 0. The van der Waals surface area contributed by atoms with Crippen molar-refractivity contribution in [1.29, 1.82) is 0 Å². The van der Waals surface area contributed by atoms with Gasteiger partial charge in [-0.25, -0.2) is 8.78 Å². The Balaban J connectivity index is 1.64. The predicted octanol–water partition coefficient (Wildman–Crippen LogP) is 8.50. The maximum absolute atomic E-state index is 15.6. The third kappa shape index (κ3) is 4.50. The maximum Gasteiger partial charge on any atom is 0.136 e. The molecule has 0 N–H and O–H groups in total. The molecule has 0 bridgehead atoms. The Morgan fingerprint density at radius 2 is 1.82 bits per heavy atom. The van der Waals surface area contributed by atoms with E-state index < -0.39 is 0 Å². The topological polar surface area (TPSA) is 3.24 Å². The molecule has 1 nitrogen and oxygen atoms in total. The molecule has 1 aromatic heterocycles. The molecule has 0 saturated heterocycles. The molecule has 0 spiro atoms. The summed E-state index contributed by atoms with van der Waals surface area (Å²) < 4.78 is 32.0. The van der Waals surface area contributed by atoms with E-state index >= 15 is 8.78 Å². The molecule has 174 valence electrons. The molecule has 0 fully saturated rings. The molecule has 2 heterocycles. The molecule has 3 aromatic rings. The lowest BCUT2D eigenvalue weighted by atomic mass is 9.95. The van der Waals surface area contributed by atoms with Gasteiger partial charge >= 0.3 is 0 Å². The standard InChI is InChI=1S/C29H33F2NS/c1-6-10-18(4)32-16-22-14-20(7-2)23(29(31)26(22)17-32)11-9-12-24-21(8-3)15-27-25(28(24)30)13-19(5)33-27/h9,11,13-15H,4,6-8,10,12,16-17H2,1-3,5H3/b11-9-. The number of halogens is 2. The van der Waals surface area contributed by atoms with Gasteiger partial charge in [0.05, 0.1) is 0 Å². The quantitative estimate of drug-likeness (QED) is 0.322. The Morgan fingerprint density at radius 1 is 1.06 bits per heavy atom. The van der Waals surface area contributed by atoms with Crippen molar-refractivity contribution < 1.29 is 8.78 Å². The van der Waals surface area contributed by atoms with E-state index in [1.807, 2.05) is 25.1 Å². The van der Waals surface area contributed by atoms with Gasteiger partial charge in [0.2, 0.25) is 0 Å². The second-order valence-corrected chi connectivity index (χ2v) is 10.3. The zero-order chi connectivity index (χ0) is 23.7. The van der Waals surface area contributed by atoms with Gasteiger partial charge in [0.15, 0.2) is 0 Å². The van der Waals surface area contributed by atoms with Crippen LogP contribution in [0.3, 0.4) is 0 Å². The lowest BCUT2D eigenvalue weighted by Crippen LogP contribution is -2.14. The van der Waals surface area contributed by atoms with Crippen LogP contribution >= 0.6 is 11.3 Å². The lowest BCUT2D eigenvalue weighted by molar-refractivity contribution is 0.346. The van der Waals surface area contributed by atoms with Gasteiger partial charge in [-0.1, -0.05) is 52.0 Å². The van der Waals surface area contributed by atoms with Crippen LogP contribution in [0.2, 0.25) is 0 Å². The van der Waals surface area contributed by atoms with Crippen molar-refractivity contribution in [2.24, 2.45) is 0 Å². The molecule has 1 aliphatic heterocycles. The van der Waals surface area contributed by atoms with Crippen LogP contribution in [0, 0.1) is 18.6 Å². The highest BCUT2D eigenvalue weighted by Crippen LogP contribution is 2.34. The first kappa shape index (κ1) is 23.7. The maximum atomic E-state index is 15.6. The van der Waals surface area contributed by atoms with E-state index in [1.54, 1.807) is 11.3 Å². The van der Waals surface area contributed by atoms with E-state index in [9.17, 15) is 0 Å². The lowest BCUT2D eigenvalue weighted by Gasteiger charge is -2.19. The Labute approximate surface area is 200 Å². The van der Waals surface area contributed by atoms with E-state index in [0.717, 1.165) is 75.3 Å². The summed E-state index contributed by atoms with van der Waals surface area (Å²) in [4.78, 5) is 3.30. The van der Waals surface area contributed by atoms with Crippen molar-refractivity contribution in [3.8, 4) is 0 Å². The molecule has 0 amide bonds. The molecule has 4 rings (SSSR count). The van der Waals surface area contributed by atoms with Crippen molar-refractivity contribution in [3.05, 3.63) is 86.4 Å². The average molecular weight is 466 g/mol. The summed E-state index contributed by atoms with van der Waals surface area (Å²) in [6.07, 6.45) is 7.75. The average Bonchev–Trinajstić information content (AvgIpc) is 3.39. The van der Waals surface area contributed by atoms with E-state index in [1.165, 1.54) is 0 Å². The summed E-state index contributed by atoms with van der Waals surface area (Å²) in [6.45, 7) is 13.8. The van der Waals surface area contributed by atoms with Gasteiger partial charge in [-0.3, -0.25) is 0 Å². The van der Waals surface area contributed by atoms with Crippen molar-refractivity contribution in [2.75, 3.05) is 0 Å².